The molecule has 0 saturated heterocycles. The molecule has 2 aromatic heterocycles. The second-order valence-electron chi connectivity index (χ2n) is 3.81. The van der Waals surface area contributed by atoms with Gasteiger partial charge >= 0.3 is 5.97 Å². The van der Waals surface area contributed by atoms with Crippen molar-refractivity contribution in [3.8, 4) is 6.07 Å². The van der Waals surface area contributed by atoms with E-state index in [9.17, 15) is 9.59 Å². The Bertz CT molecular complexity index is 681. The number of esters is 1. The highest BCUT2D eigenvalue weighted by atomic mass is 32.1. The number of thiophene rings is 1. The van der Waals surface area contributed by atoms with E-state index in [1.807, 2.05) is 6.07 Å². The van der Waals surface area contributed by atoms with Gasteiger partial charge in [-0.05, 0) is 30.5 Å². The molecule has 0 bridgehead atoms. The van der Waals surface area contributed by atoms with Crippen molar-refractivity contribution in [2.45, 2.75) is 6.92 Å². The molecule has 0 spiro atoms. The van der Waals surface area contributed by atoms with Crippen LogP contribution in [-0.2, 0) is 9.53 Å². The molecule has 7 heteroatoms. The Kier molecular flexibility index (Phi) is 4.17. The number of amides is 1. The number of hydrogen-bond acceptors (Lipinski definition) is 6. The average Bonchev–Trinajstić information content (AvgIpc) is 3.04. The van der Waals surface area contributed by atoms with Gasteiger partial charge in [0.05, 0.1) is 5.56 Å². The molecule has 2 heterocycles. The normalized spacial score (nSPS) is 9.80. The summed E-state index contributed by atoms with van der Waals surface area (Å²) in [4.78, 5) is 23.1. The van der Waals surface area contributed by atoms with Gasteiger partial charge in [0, 0.05) is 0 Å². The van der Waals surface area contributed by atoms with E-state index in [1.165, 1.54) is 17.4 Å². The van der Waals surface area contributed by atoms with E-state index in [2.05, 4.69) is 5.32 Å². The zero-order valence-corrected chi connectivity index (χ0v) is 11.3. The van der Waals surface area contributed by atoms with Crippen molar-refractivity contribution in [2.75, 3.05) is 11.9 Å². The summed E-state index contributed by atoms with van der Waals surface area (Å²) in [5.74, 6) is -0.594. The minimum absolute atomic E-state index is 0.0455. The molecule has 0 saturated carbocycles. The summed E-state index contributed by atoms with van der Waals surface area (Å²) in [5.41, 5.74) is 0.372. The number of ether oxygens (including phenoxy) is 1. The molecule has 0 aliphatic carbocycles. The van der Waals surface area contributed by atoms with E-state index in [0.29, 0.717) is 16.3 Å². The van der Waals surface area contributed by atoms with Crippen molar-refractivity contribution in [2.24, 2.45) is 0 Å². The topological polar surface area (TPSA) is 92.3 Å². The summed E-state index contributed by atoms with van der Waals surface area (Å²) in [5, 5.41) is 13.4. The molecule has 2 aromatic rings. The number of hydrogen-bond donors (Lipinski definition) is 1. The molecule has 0 aromatic carbocycles. The molecule has 1 N–H and O–H groups in total. The Morgan fingerprint density at radius 3 is 2.90 bits per heavy atom. The van der Waals surface area contributed by atoms with Crippen molar-refractivity contribution >= 4 is 28.2 Å². The Hall–Kier alpha value is -2.59. The fourth-order valence-corrected chi connectivity index (χ4v) is 2.16. The van der Waals surface area contributed by atoms with Gasteiger partial charge in [0.25, 0.3) is 5.91 Å². The Labute approximate surface area is 118 Å². The Morgan fingerprint density at radius 2 is 2.25 bits per heavy atom. The van der Waals surface area contributed by atoms with Crippen molar-refractivity contribution in [3.05, 3.63) is 40.7 Å². The fraction of sp³-hybridized carbons (Fsp3) is 0.154. The van der Waals surface area contributed by atoms with Crippen LogP contribution in [0.5, 0.6) is 0 Å². The Morgan fingerprint density at radius 1 is 1.45 bits per heavy atom. The number of carbonyl (C=O) groups is 2. The van der Waals surface area contributed by atoms with Crippen LogP contribution >= 0.6 is 11.3 Å². The predicted octanol–water partition coefficient (Wildman–Crippen LogP) is 2.32. The van der Waals surface area contributed by atoms with Crippen LogP contribution in [0.3, 0.4) is 0 Å². The lowest BCUT2D eigenvalue weighted by molar-refractivity contribution is -0.119. The summed E-state index contributed by atoms with van der Waals surface area (Å²) in [7, 11) is 0. The zero-order valence-electron chi connectivity index (χ0n) is 10.5. The third kappa shape index (κ3) is 3.24. The molecule has 0 radical (unpaired) electrons. The number of anilines is 1. The molecular weight excluding hydrogens is 280 g/mol. The van der Waals surface area contributed by atoms with Crippen LogP contribution in [-0.4, -0.2) is 18.5 Å². The average molecular weight is 290 g/mol. The molecule has 0 fully saturated rings. The van der Waals surface area contributed by atoms with Crippen LogP contribution in [0, 0.1) is 18.3 Å². The van der Waals surface area contributed by atoms with E-state index in [4.69, 9.17) is 14.4 Å². The van der Waals surface area contributed by atoms with Crippen molar-refractivity contribution in [1.29, 1.82) is 5.26 Å². The molecule has 0 unspecified atom stereocenters. The second kappa shape index (κ2) is 6.04. The Balaban J connectivity index is 1.87. The van der Waals surface area contributed by atoms with Crippen molar-refractivity contribution in [1.82, 2.24) is 0 Å². The van der Waals surface area contributed by atoms with E-state index in [1.54, 1.807) is 24.4 Å². The second-order valence-corrected chi connectivity index (χ2v) is 4.73. The lowest BCUT2D eigenvalue weighted by Crippen LogP contribution is -2.20. The number of carbonyl (C=O) groups excluding carboxylic acids is 2. The van der Waals surface area contributed by atoms with Gasteiger partial charge in [-0.15, -0.1) is 11.3 Å². The van der Waals surface area contributed by atoms with Crippen LogP contribution < -0.4 is 5.32 Å². The number of nitrogens with one attached hydrogen (secondary N) is 1. The highest BCUT2D eigenvalue weighted by Crippen LogP contribution is 2.21. The van der Waals surface area contributed by atoms with E-state index >= 15 is 0 Å². The first kappa shape index (κ1) is 13.8. The molecule has 0 aliphatic heterocycles. The van der Waals surface area contributed by atoms with Gasteiger partial charge in [-0.1, -0.05) is 0 Å². The lowest BCUT2D eigenvalue weighted by atomic mass is 10.3. The predicted molar refractivity (Wildman–Crippen MR) is 71.4 cm³/mol. The van der Waals surface area contributed by atoms with Gasteiger partial charge in [-0.25, -0.2) is 4.79 Å². The lowest BCUT2D eigenvalue weighted by Gasteiger charge is -2.04. The molecule has 20 heavy (non-hydrogen) atoms. The number of nitriles is 1. The van der Waals surface area contributed by atoms with Crippen molar-refractivity contribution in [3.63, 3.8) is 0 Å². The van der Waals surface area contributed by atoms with Crippen LogP contribution in [0.25, 0.3) is 0 Å². The number of furan rings is 1. The SMILES string of the molecule is Cc1ccc(C(=O)OCC(=O)Nc2sccc2C#N)o1. The van der Waals surface area contributed by atoms with E-state index in [0.717, 1.165) is 0 Å². The smallest absolute Gasteiger partial charge is 0.374 e. The van der Waals surface area contributed by atoms with Gasteiger partial charge in [0.1, 0.15) is 16.8 Å². The maximum atomic E-state index is 11.6. The molecule has 1 amide bonds. The quantitative estimate of drug-likeness (QED) is 0.872. The van der Waals surface area contributed by atoms with Gasteiger partial charge in [-0.3, -0.25) is 4.79 Å². The van der Waals surface area contributed by atoms with Crippen LogP contribution in [0.1, 0.15) is 21.9 Å². The summed E-state index contributed by atoms with van der Waals surface area (Å²) in [6, 6.07) is 6.64. The summed E-state index contributed by atoms with van der Waals surface area (Å²) in [6.45, 7) is 1.26. The van der Waals surface area contributed by atoms with E-state index < -0.39 is 18.5 Å². The maximum Gasteiger partial charge on any atom is 0.374 e. The summed E-state index contributed by atoms with van der Waals surface area (Å²) < 4.78 is 9.88. The molecule has 0 aliphatic rings. The minimum Gasteiger partial charge on any atom is -0.454 e. The first-order valence-electron chi connectivity index (χ1n) is 5.61. The van der Waals surface area contributed by atoms with E-state index in [-0.39, 0.29) is 5.76 Å². The zero-order chi connectivity index (χ0) is 14.5. The molecule has 0 atom stereocenters. The number of aryl methyl sites for hydroxylation is 1. The van der Waals surface area contributed by atoms with Crippen LogP contribution in [0.2, 0.25) is 0 Å². The number of nitrogens with zero attached hydrogens (tertiary/aromatic N) is 1. The molecule has 102 valence electrons. The minimum atomic E-state index is -0.708. The molecule has 6 nitrogen and oxygen atoms in total. The van der Waals surface area contributed by atoms with Gasteiger partial charge in [-0.2, -0.15) is 5.26 Å². The largest absolute Gasteiger partial charge is 0.454 e. The summed E-state index contributed by atoms with van der Waals surface area (Å²) >= 11 is 1.22. The van der Waals surface area contributed by atoms with Crippen molar-refractivity contribution < 1.29 is 18.7 Å². The molecule has 2 rings (SSSR count). The third-order valence-corrected chi connectivity index (χ3v) is 3.14. The fourth-order valence-electron chi connectivity index (χ4n) is 1.40. The molecular formula is C13H10N2O4S. The standard InChI is InChI=1S/C13H10N2O4S/c1-8-2-3-10(19-8)13(17)18-7-11(16)15-12-9(6-14)4-5-20-12/h2-5H,7H2,1H3,(H,15,16). The highest BCUT2D eigenvalue weighted by molar-refractivity contribution is 7.14. The first-order chi connectivity index (χ1) is 9.60. The van der Waals surface area contributed by atoms with Crippen LogP contribution in [0.15, 0.2) is 28.0 Å². The number of rotatable bonds is 4. The first-order valence-corrected chi connectivity index (χ1v) is 6.49. The highest BCUT2D eigenvalue weighted by Gasteiger charge is 2.14. The van der Waals surface area contributed by atoms with Gasteiger partial charge in [0.15, 0.2) is 6.61 Å². The maximum absolute atomic E-state index is 11.6. The third-order valence-electron chi connectivity index (χ3n) is 2.31. The van der Waals surface area contributed by atoms with Gasteiger partial charge in [0.2, 0.25) is 5.76 Å². The monoisotopic (exact) mass is 290 g/mol. The summed E-state index contributed by atoms with van der Waals surface area (Å²) in [6.07, 6.45) is 0. The van der Waals surface area contributed by atoms with Crippen LogP contribution in [0.4, 0.5) is 5.00 Å². The van der Waals surface area contributed by atoms with Gasteiger partial charge < -0.3 is 14.5 Å².